The number of anilines is 1. The molecule has 0 aromatic carbocycles. The molecule has 0 spiro atoms. The normalized spacial score (nSPS) is 18.4. The number of nitrogens with zero attached hydrogens (tertiary/aromatic N) is 3. The Morgan fingerprint density at radius 3 is 2.79 bits per heavy atom. The fourth-order valence-corrected chi connectivity index (χ4v) is 2.12. The van der Waals surface area contributed by atoms with Gasteiger partial charge in [0, 0.05) is 38.9 Å². The first-order valence-electron chi connectivity index (χ1n) is 6.14. The third-order valence-electron chi connectivity index (χ3n) is 3.28. The summed E-state index contributed by atoms with van der Waals surface area (Å²) in [5.41, 5.74) is 0.546. The van der Waals surface area contributed by atoms with Gasteiger partial charge in [0.15, 0.2) is 0 Å². The molecule has 1 fully saturated rings. The lowest BCUT2D eigenvalue weighted by Crippen LogP contribution is -2.30. The Kier molecular flexibility index (Phi) is 3.69. The van der Waals surface area contributed by atoms with Crippen molar-refractivity contribution in [3.05, 3.63) is 23.9 Å². The summed E-state index contributed by atoms with van der Waals surface area (Å²) in [4.78, 5) is 30.7. The molecule has 0 bridgehead atoms. The highest BCUT2D eigenvalue weighted by molar-refractivity contribution is 5.95. The lowest BCUT2D eigenvalue weighted by molar-refractivity contribution is -0.141. The van der Waals surface area contributed by atoms with Crippen molar-refractivity contribution in [2.45, 2.75) is 6.42 Å². The number of pyridine rings is 1. The number of carbonyl (C=O) groups excluding carboxylic acids is 1. The first-order valence-corrected chi connectivity index (χ1v) is 6.14. The van der Waals surface area contributed by atoms with Crippen LogP contribution in [0.3, 0.4) is 0 Å². The first kappa shape index (κ1) is 13.3. The molecule has 6 heteroatoms. The summed E-state index contributed by atoms with van der Waals surface area (Å²) >= 11 is 0. The highest BCUT2D eigenvalue weighted by atomic mass is 16.4. The molecule has 1 unspecified atom stereocenters. The van der Waals surface area contributed by atoms with Gasteiger partial charge in [-0.25, -0.2) is 4.98 Å². The van der Waals surface area contributed by atoms with Crippen molar-refractivity contribution in [2.24, 2.45) is 5.92 Å². The van der Waals surface area contributed by atoms with Crippen molar-refractivity contribution < 1.29 is 14.7 Å². The zero-order valence-electron chi connectivity index (χ0n) is 11.0. The Hall–Kier alpha value is -2.11. The zero-order valence-corrected chi connectivity index (χ0v) is 11.0. The minimum Gasteiger partial charge on any atom is -0.481 e. The second kappa shape index (κ2) is 5.26. The number of aliphatic carboxylic acids is 1. The van der Waals surface area contributed by atoms with Gasteiger partial charge in [0.25, 0.3) is 5.91 Å². The number of likely N-dealkylation sites (tertiary alicyclic amines) is 1. The van der Waals surface area contributed by atoms with E-state index in [0.29, 0.717) is 24.3 Å². The Bertz CT molecular complexity index is 502. The molecule has 0 saturated carbocycles. The number of hydrogen-bond acceptors (Lipinski definition) is 4. The van der Waals surface area contributed by atoms with E-state index in [2.05, 4.69) is 4.98 Å². The maximum absolute atomic E-state index is 12.3. The number of carboxylic acid groups (broad SMARTS) is 1. The van der Waals surface area contributed by atoms with Crippen molar-refractivity contribution >= 4 is 17.7 Å². The van der Waals surface area contributed by atoms with E-state index in [1.165, 1.54) is 0 Å². The topological polar surface area (TPSA) is 73.7 Å². The van der Waals surface area contributed by atoms with Crippen LogP contribution in [0.4, 0.5) is 5.82 Å². The molecule has 1 amide bonds. The van der Waals surface area contributed by atoms with Crippen LogP contribution in [0.1, 0.15) is 16.8 Å². The van der Waals surface area contributed by atoms with Gasteiger partial charge in [-0.05, 0) is 18.6 Å². The third-order valence-corrected chi connectivity index (χ3v) is 3.28. The van der Waals surface area contributed by atoms with E-state index < -0.39 is 11.9 Å². The summed E-state index contributed by atoms with van der Waals surface area (Å²) in [7, 11) is 3.71. The largest absolute Gasteiger partial charge is 0.481 e. The standard InChI is InChI=1S/C13H17N3O3/c1-15(2)11-7-9(3-5-14-11)12(17)16-6-4-10(8-16)13(18)19/h3,5,7,10H,4,6,8H2,1-2H3,(H,18,19). The zero-order chi connectivity index (χ0) is 14.0. The van der Waals surface area contributed by atoms with Gasteiger partial charge in [0.05, 0.1) is 5.92 Å². The minimum atomic E-state index is -0.834. The highest BCUT2D eigenvalue weighted by Gasteiger charge is 2.31. The van der Waals surface area contributed by atoms with E-state index in [9.17, 15) is 9.59 Å². The van der Waals surface area contributed by atoms with Crippen LogP contribution in [0.2, 0.25) is 0 Å². The lowest BCUT2D eigenvalue weighted by atomic mass is 10.1. The van der Waals surface area contributed by atoms with Gasteiger partial charge in [0.2, 0.25) is 0 Å². The predicted octanol–water partition coefficient (Wildman–Crippen LogP) is 0.694. The number of carbonyl (C=O) groups is 2. The summed E-state index contributed by atoms with van der Waals surface area (Å²) in [6.07, 6.45) is 2.11. The molecule has 1 atom stereocenters. The number of amides is 1. The van der Waals surface area contributed by atoms with Gasteiger partial charge < -0.3 is 14.9 Å². The Labute approximate surface area is 111 Å². The van der Waals surface area contributed by atoms with Crippen LogP contribution in [0.15, 0.2) is 18.3 Å². The average molecular weight is 263 g/mol. The van der Waals surface area contributed by atoms with Crippen LogP contribution in [0.25, 0.3) is 0 Å². The SMILES string of the molecule is CN(C)c1cc(C(=O)N2CCC(C(=O)O)C2)ccn1. The van der Waals surface area contributed by atoms with Crippen LogP contribution in [-0.4, -0.2) is 54.1 Å². The van der Waals surface area contributed by atoms with Crippen LogP contribution >= 0.6 is 0 Å². The number of carboxylic acids is 1. The quantitative estimate of drug-likeness (QED) is 0.868. The molecule has 6 nitrogen and oxygen atoms in total. The maximum Gasteiger partial charge on any atom is 0.308 e. The van der Waals surface area contributed by atoms with Crippen molar-refractivity contribution in [2.75, 3.05) is 32.1 Å². The molecule has 19 heavy (non-hydrogen) atoms. The molecule has 1 aliphatic heterocycles. The monoisotopic (exact) mass is 263 g/mol. The van der Waals surface area contributed by atoms with E-state index >= 15 is 0 Å². The summed E-state index contributed by atoms with van der Waals surface area (Å²) in [6, 6.07) is 3.37. The maximum atomic E-state index is 12.3. The molecule has 1 N–H and O–H groups in total. The smallest absolute Gasteiger partial charge is 0.308 e. The number of rotatable bonds is 3. The Morgan fingerprint density at radius 1 is 1.47 bits per heavy atom. The van der Waals surface area contributed by atoms with Gasteiger partial charge in [-0.1, -0.05) is 0 Å². The first-order chi connectivity index (χ1) is 8.99. The van der Waals surface area contributed by atoms with E-state index in [1.807, 2.05) is 19.0 Å². The predicted molar refractivity (Wildman–Crippen MR) is 70.2 cm³/mol. The Morgan fingerprint density at radius 2 is 2.21 bits per heavy atom. The van der Waals surface area contributed by atoms with Crippen LogP contribution in [0, 0.1) is 5.92 Å². The van der Waals surface area contributed by atoms with Crippen LogP contribution < -0.4 is 4.90 Å². The molecule has 102 valence electrons. The fraction of sp³-hybridized carbons (Fsp3) is 0.462. The van der Waals surface area contributed by atoms with Gasteiger partial charge in [-0.2, -0.15) is 0 Å². The number of hydrogen-bond donors (Lipinski definition) is 1. The third kappa shape index (κ3) is 2.83. The van der Waals surface area contributed by atoms with Gasteiger partial charge in [-0.15, -0.1) is 0 Å². The Balaban J connectivity index is 2.12. The summed E-state index contributed by atoms with van der Waals surface area (Å²) in [6.45, 7) is 0.781. The highest BCUT2D eigenvalue weighted by Crippen LogP contribution is 2.20. The summed E-state index contributed by atoms with van der Waals surface area (Å²) in [5, 5.41) is 8.95. The van der Waals surface area contributed by atoms with E-state index in [1.54, 1.807) is 23.2 Å². The van der Waals surface area contributed by atoms with Gasteiger partial charge in [-0.3, -0.25) is 9.59 Å². The van der Waals surface area contributed by atoms with Crippen molar-refractivity contribution in [3.8, 4) is 0 Å². The lowest BCUT2D eigenvalue weighted by Gasteiger charge is -2.17. The molecule has 2 heterocycles. The summed E-state index contributed by atoms with van der Waals surface area (Å²) in [5.74, 6) is -0.702. The second-order valence-corrected chi connectivity index (χ2v) is 4.87. The minimum absolute atomic E-state index is 0.130. The molecule has 1 saturated heterocycles. The molecule has 1 aromatic rings. The molecule has 1 aromatic heterocycles. The summed E-state index contributed by atoms with van der Waals surface area (Å²) < 4.78 is 0. The number of aromatic nitrogens is 1. The molecular weight excluding hydrogens is 246 g/mol. The van der Waals surface area contributed by atoms with E-state index in [4.69, 9.17) is 5.11 Å². The molecule has 0 aliphatic carbocycles. The molecule has 1 aliphatic rings. The van der Waals surface area contributed by atoms with Crippen LogP contribution in [-0.2, 0) is 4.79 Å². The van der Waals surface area contributed by atoms with Crippen molar-refractivity contribution in [3.63, 3.8) is 0 Å². The molecule has 0 radical (unpaired) electrons. The van der Waals surface area contributed by atoms with Gasteiger partial charge in [0.1, 0.15) is 5.82 Å². The van der Waals surface area contributed by atoms with E-state index in [-0.39, 0.29) is 12.5 Å². The second-order valence-electron chi connectivity index (χ2n) is 4.87. The van der Waals surface area contributed by atoms with Crippen molar-refractivity contribution in [1.82, 2.24) is 9.88 Å². The fourth-order valence-electron chi connectivity index (χ4n) is 2.12. The van der Waals surface area contributed by atoms with E-state index in [0.717, 1.165) is 0 Å². The molecular formula is C13H17N3O3. The van der Waals surface area contributed by atoms with Gasteiger partial charge >= 0.3 is 5.97 Å². The molecule has 2 rings (SSSR count). The average Bonchev–Trinajstić information content (AvgIpc) is 2.87. The van der Waals surface area contributed by atoms with Crippen molar-refractivity contribution in [1.29, 1.82) is 0 Å². The van der Waals surface area contributed by atoms with Crippen LogP contribution in [0.5, 0.6) is 0 Å².